The van der Waals surface area contributed by atoms with E-state index < -0.39 is 17.2 Å². The molecule has 0 unspecified atom stereocenters. The summed E-state index contributed by atoms with van der Waals surface area (Å²) in [6, 6.07) is 15.5. The minimum Gasteiger partial charge on any atom is -0.378 e. The molecule has 2 aromatic carbocycles. The van der Waals surface area contributed by atoms with Crippen LogP contribution in [-0.2, 0) is 15.2 Å². The highest BCUT2D eigenvalue weighted by atomic mass is 79.9. The van der Waals surface area contributed by atoms with E-state index in [0.717, 1.165) is 4.47 Å². The van der Waals surface area contributed by atoms with Crippen molar-refractivity contribution in [3.05, 3.63) is 75.8 Å². The van der Waals surface area contributed by atoms with Crippen LogP contribution in [0.15, 0.2) is 64.6 Å². The number of carbonyl (C=O) groups excluding carboxylic acids is 2. The zero-order chi connectivity index (χ0) is 23.7. The first-order valence-corrected chi connectivity index (χ1v) is 11.7. The van der Waals surface area contributed by atoms with Crippen molar-refractivity contribution in [2.24, 2.45) is 0 Å². The fourth-order valence-corrected chi connectivity index (χ4v) is 4.64. The Morgan fingerprint density at radius 3 is 2.25 bits per heavy atom. The van der Waals surface area contributed by atoms with Crippen LogP contribution < -0.4 is 5.32 Å². The van der Waals surface area contributed by atoms with Gasteiger partial charge >= 0.3 is 0 Å². The second-order valence-corrected chi connectivity index (χ2v) is 10.2. The van der Waals surface area contributed by atoms with Crippen LogP contribution in [0.4, 0.5) is 0 Å². The standard InChI is InChI=1S/C26H31BrN2O3/c1-6-16-29-22(23(30)28-25(3,4)5)26(32,19-12-14-20(27)15-13-19)21(17(2)24(29)31)18-10-8-7-9-11-18/h7-15,22,32H,6,16H2,1-5H3,(H,28,30)/t22-,26-/m0/s1. The summed E-state index contributed by atoms with van der Waals surface area (Å²) >= 11 is 3.45. The zero-order valence-corrected chi connectivity index (χ0v) is 20.9. The predicted octanol–water partition coefficient (Wildman–Crippen LogP) is 4.65. The Morgan fingerprint density at radius 1 is 1.12 bits per heavy atom. The molecule has 1 aliphatic rings. The summed E-state index contributed by atoms with van der Waals surface area (Å²) in [5.41, 5.74) is -0.0801. The first-order valence-electron chi connectivity index (χ1n) is 10.9. The van der Waals surface area contributed by atoms with Gasteiger partial charge in [0.2, 0.25) is 5.91 Å². The maximum absolute atomic E-state index is 13.7. The number of halogens is 1. The Hall–Kier alpha value is -2.44. The van der Waals surface area contributed by atoms with Crippen molar-refractivity contribution in [2.75, 3.05) is 6.54 Å². The molecule has 1 aliphatic heterocycles. The summed E-state index contributed by atoms with van der Waals surface area (Å²) in [4.78, 5) is 28.7. The van der Waals surface area contributed by atoms with E-state index in [2.05, 4.69) is 21.2 Å². The fraction of sp³-hybridized carbons (Fsp3) is 0.385. The molecule has 0 bridgehead atoms. The summed E-state index contributed by atoms with van der Waals surface area (Å²) in [6.07, 6.45) is 0.662. The highest BCUT2D eigenvalue weighted by Crippen LogP contribution is 2.47. The molecule has 2 amide bonds. The predicted molar refractivity (Wildman–Crippen MR) is 131 cm³/mol. The second kappa shape index (κ2) is 9.20. The smallest absolute Gasteiger partial charge is 0.250 e. The van der Waals surface area contributed by atoms with E-state index >= 15 is 0 Å². The minimum atomic E-state index is -1.73. The lowest BCUT2D eigenvalue weighted by Crippen LogP contribution is -2.65. The van der Waals surface area contributed by atoms with E-state index in [1.54, 1.807) is 19.1 Å². The van der Waals surface area contributed by atoms with Crippen molar-refractivity contribution in [3.8, 4) is 0 Å². The average molecular weight is 499 g/mol. The third-order valence-electron chi connectivity index (χ3n) is 5.60. The van der Waals surface area contributed by atoms with Gasteiger partial charge in [0.1, 0.15) is 11.6 Å². The van der Waals surface area contributed by atoms with Crippen LogP contribution >= 0.6 is 15.9 Å². The number of aliphatic hydroxyl groups is 1. The Balaban J connectivity index is 2.35. The van der Waals surface area contributed by atoms with E-state index in [1.807, 2.05) is 70.2 Å². The van der Waals surface area contributed by atoms with Crippen LogP contribution in [0.3, 0.4) is 0 Å². The van der Waals surface area contributed by atoms with Crippen molar-refractivity contribution in [1.82, 2.24) is 10.2 Å². The minimum absolute atomic E-state index is 0.235. The van der Waals surface area contributed by atoms with Gasteiger partial charge in [0.25, 0.3) is 5.91 Å². The SMILES string of the molecule is CCCN1C(=O)C(C)=C(c2ccccc2)[C@@](O)(c2ccc(Br)cc2)[C@@H]1C(=O)NC(C)(C)C. The van der Waals surface area contributed by atoms with Gasteiger partial charge in [-0.25, -0.2) is 0 Å². The molecule has 0 radical (unpaired) electrons. The first kappa shape index (κ1) is 24.2. The number of carbonyl (C=O) groups is 2. The third-order valence-corrected chi connectivity index (χ3v) is 6.13. The number of hydrogen-bond donors (Lipinski definition) is 2. The molecule has 3 rings (SSSR count). The third kappa shape index (κ3) is 4.52. The van der Waals surface area contributed by atoms with E-state index in [4.69, 9.17) is 0 Å². The fourth-order valence-electron chi connectivity index (χ4n) is 4.38. The Bertz CT molecular complexity index is 1030. The number of hydrogen-bond acceptors (Lipinski definition) is 3. The van der Waals surface area contributed by atoms with Gasteiger partial charge in [-0.15, -0.1) is 0 Å². The molecular formula is C26H31BrN2O3. The largest absolute Gasteiger partial charge is 0.378 e. The van der Waals surface area contributed by atoms with Crippen molar-refractivity contribution in [1.29, 1.82) is 0 Å². The van der Waals surface area contributed by atoms with E-state index in [1.165, 1.54) is 4.90 Å². The summed E-state index contributed by atoms with van der Waals surface area (Å²) in [5, 5.41) is 15.5. The molecule has 0 saturated heterocycles. The van der Waals surface area contributed by atoms with Gasteiger partial charge in [-0.3, -0.25) is 9.59 Å². The highest BCUT2D eigenvalue weighted by molar-refractivity contribution is 9.10. The lowest BCUT2D eigenvalue weighted by molar-refractivity contribution is -0.149. The van der Waals surface area contributed by atoms with Crippen LogP contribution in [-0.4, -0.2) is 39.9 Å². The molecule has 170 valence electrons. The van der Waals surface area contributed by atoms with Gasteiger partial charge in [-0.05, 0) is 57.4 Å². The second-order valence-electron chi connectivity index (χ2n) is 9.28. The lowest BCUT2D eigenvalue weighted by atomic mass is 9.71. The number of nitrogens with zero attached hydrogens (tertiary/aromatic N) is 1. The van der Waals surface area contributed by atoms with Gasteiger partial charge in [-0.2, -0.15) is 0 Å². The summed E-state index contributed by atoms with van der Waals surface area (Å²) in [6.45, 7) is 9.71. The monoisotopic (exact) mass is 498 g/mol. The number of rotatable bonds is 5. The number of benzene rings is 2. The topological polar surface area (TPSA) is 69.6 Å². The summed E-state index contributed by atoms with van der Waals surface area (Å²) in [5.74, 6) is -0.618. The van der Waals surface area contributed by atoms with Crippen LogP contribution in [0.25, 0.3) is 5.57 Å². The first-order chi connectivity index (χ1) is 15.0. The molecule has 2 aromatic rings. The van der Waals surface area contributed by atoms with E-state index in [0.29, 0.717) is 35.2 Å². The van der Waals surface area contributed by atoms with Gasteiger partial charge in [-0.1, -0.05) is 65.3 Å². The molecule has 6 heteroatoms. The maximum atomic E-state index is 13.7. The Morgan fingerprint density at radius 2 is 1.72 bits per heavy atom. The molecule has 0 fully saturated rings. The maximum Gasteiger partial charge on any atom is 0.250 e. The van der Waals surface area contributed by atoms with Gasteiger partial charge in [0.05, 0.1) is 0 Å². The summed E-state index contributed by atoms with van der Waals surface area (Å²) in [7, 11) is 0. The van der Waals surface area contributed by atoms with Crippen molar-refractivity contribution >= 4 is 33.3 Å². The molecule has 0 saturated carbocycles. The van der Waals surface area contributed by atoms with E-state index in [-0.39, 0.29) is 11.8 Å². The van der Waals surface area contributed by atoms with Crippen LogP contribution in [0.1, 0.15) is 52.2 Å². The molecule has 0 aromatic heterocycles. The normalized spacial score (nSPS) is 21.7. The van der Waals surface area contributed by atoms with Gasteiger partial charge < -0.3 is 15.3 Å². The highest BCUT2D eigenvalue weighted by Gasteiger charge is 2.55. The quantitative estimate of drug-likeness (QED) is 0.630. The van der Waals surface area contributed by atoms with Crippen LogP contribution in [0, 0.1) is 0 Å². The van der Waals surface area contributed by atoms with Crippen LogP contribution in [0.2, 0.25) is 0 Å². The molecule has 2 atom stereocenters. The average Bonchev–Trinajstić information content (AvgIpc) is 2.72. The van der Waals surface area contributed by atoms with Crippen molar-refractivity contribution in [2.45, 2.75) is 58.2 Å². The molecule has 1 heterocycles. The number of nitrogens with one attached hydrogen (secondary N) is 1. The van der Waals surface area contributed by atoms with Gasteiger partial charge in [0, 0.05) is 27.7 Å². The molecule has 32 heavy (non-hydrogen) atoms. The summed E-state index contributed by atoms with van der Waals surface area (Å²) < 4.78 is 0.861. The molecular weight excluding hydrogens is 468 g/mol. The van der Waals surface area contributed by atoms with Crippen molar-refractivity contribution < 1.29 is 14.7 Å². The van der Waals surface area contributed by atoms with Crippen molar-refractivity contribution in [3.63, 3.8) is 0 Å². The van der Waals surface area contributed by atoms with Crippen LogP contribution in [0.5, 0.6) is 0 Å². The number of amides is 2. The Kier molecular flexibility index (Phi) is 6.96. The van der Waals surface area contributed by atoms with E-state index in [9.17, 15) is 14.7 Å². The van der Waals surface area contributed by atoms with Gasteiger partial charge in [0.15, 0.2) is 0 Å². The Labute approximate surface area is 198 Å². The molecule has 0 spiro atoms. The molecule has 0 aliphatic carbocycles. The lowest BCUT2D eigenvalue weighted by Gasteiger charge is -2.48. The molecule has 5 nitrogen and oxygen atoms in total. The molecule has 2 N–H and O–H groups in total. The zero-order valence-electron chi connectivity index (χ0n) is 19.3.